The Bertz CT molecular complexity index is 854. The predicted octanol–water partition coefficient (Wildman–Crippen LogP) is 3.65. The molecule has 0 amide bonds. The minimum absolute atomic E-state index is 0.167. The maximum atomic E-state index is 12.6. The van der Waals surface area contributed by atoms with Gasteiger partial charge in [0.1, 0.15) is 21.3 Å². The van der Waals surface area contributed by atoms with E-state index in [0.29, 0.717) is 20.6 Å². The van der Waals surface area contributed by atoms with Crippen molar-refractivity contribution >= 4 is 45.2 Å². The third-order valence-corrected chi connectivity index (χ3v) is 4.04. The Kier molecular flexibility index (Phi) is 3.79. The van der Waals surface area contributed by atoms with Crippen molar-refractivity contribution in [1.82, 2.24) is 24.5 Å². The summed E-state index contributed by atoms with van der Waals surface area (Å²) >= 11 is 8.03. The van der Waals surface area contributed by atoms with E-state index in [2.05, 4.69) is 15.2 Å². The van der Waals surface area contributed by atoms with E-state index in [4.69, 9.17) is 11.6 Å². The van der Waals surface area contributed by atoms with Crippen molar-refractivity contribution in [2.24, 2.45) is 7.05 Å². The summed E-state index contributed by atoms with van der Waals surface area (Å²) in [4.78, 5) is 4.39. The second kappa shape index (κ2) is 5.37. The van der Waals surface area contributed by atoms with Gasteiger partial charge in [-0.1, -0.05) is 11.6 Å². The molecule has 0 N–H and O–H groups in total. The van der Waals surface area contributed by atoms with E-state index in [1.54, 1.807) is 24.0 Å². The number of aromatic nitrogens is 5. The summed E-state index contributed by atoms with van der Waals surface area (Å²) in [5.41, 5.74) is 1.76. The third-order valence-electron chi connectivity index (χ3n) is 3.02. The molecule has 0 bridgehead atoms. The molecule has 0 saturated carbocycles. The number of pyridine rings is 1. The molecule has 3 aromatic heterocycles. The van der Waals surface area contributed by atoms with Gasteiger partial charge < -0.3 is 0 Å². The van der Waals surface area contributed by atoms with Gasteiger partial charge in [0.2, 0.25) is 0 Å². The first kappa shape index (κ1) is 15.5. The summed E-state index contributed by atoms with van der Waals surface area (Å²) in [6, 6.07) is 3.27. The highest BCUT2D eigenvalue weighted by atomic mass is 127. The van der Waals surface area contributed by atoms with Crippen molar-refractivity contribution in [1.29, 1.82) is 0 Å². The Morgan fingerprint density at radius 3 is 2.68 bits per heavy atom. The summed E-state index contributed by atoms with van der Waals surface area (Å²) in [6.45, 7) is -1.21. The zero-order valence-electron chi connectivity index (χ0n) is 11.1. The van der Waals surface area contributed by atoms with Gasteiger partial charge in [0, 0.05) is 13.2 Å². The van der Waals surface area contributed by atoms with Gasteiger partial charge in [-0.2, -0.15) is 23.4 Å². The predicted molar refractivity (Wildman–Crippen MR) is 83.5 cm³/mol. The average Bonchev–Trinajstić information content (AvgIpc) is 2.93. The molecule has 0 fully saturated rings. The molecule has 3 heterocycles. The fourth-order valence-electron chi connectivity index (χ4n) is 2.14. The number of hydrogen-bond acceptors (Lipinski definition) is 3. The van der Waals surface area contributed by atoms with E-state index >= 15 is 0 Å². The lowest BCUT2D eigenvalue weighted by Crippen LogP contribution is -2.18. The van der Waals surface area contributed by atoms with Gasteiger partial charge in [0.05, 0.1) is 16.4 Å². The van der Waals surface area contributed by atoms with E-state index in [0.717, 1.165) is 4.68 Å². The quantitative estimate of drug-likeness (QED) is 0.571. The van der Waals surface area contributed by atoms with Crippen LogP contribution in [0.3, 0.4) is 0 Å². The molecule has 0 spiro atoms. The molecule has 3 rings (SSSR count). The first-order chi connectivity index (χ1) is 10.3. The summed E-state index contributed by atoms with van der Waals surface area (Å²) in [6.07, 6.45) is -2.78. The van der Waals surface area contributed by atoms with Crippen molar-refractivity contribution in [3.8, 4) is 11.4 Å². The minimum Gasteiger partial charge on any atom is -0.266 e. The van der Waals surface area contributed by atoms with Gasteiger partial charge in [-0.05, 0) is 34.7 Å². The van der Waals surface area contributed by atoms with Crippen LogP contribution in [0.4, 0.5) is 13.2 Å². The van der Waals surface area contributed by atoms with Crippen LogP contribution in [0.25, 0.3) is 22.4 Å². The van der Waals surface area contributed by atoms with E-state index in [1.807, 2.05) is 22.6 Å². The summed E-state index contributed by atoms with van der Waals surface area (Å²) in [5.74, 6) is 0. The Morgan fingerprint density at radius 1 is 1.36 bits per heavy atom. The molecule has 0 aromatic carbocycles. The fraction of sp³-hybridized carbons (Fsp3) is 0.250. The lowest BCUT2D eigenvalue weighted by atomic mass is 10.2. The number of fused-ring (bicyclic) bond motifs is 1. The lowest BCUT2D eigenvalue weighted by molar-refractivity contribution is -0.141. The molecule has 0 unspecified atom stereocenters. The van der Waals surface area contributed by atoms with Crippen LogP contribution < -0.4 is 0 Å². The third kappa shape index (κ3) is 2.78. The van der Waals surface area contributed by atoms with Crippen molar-refractivity contribution < 1.29 is 13.2 Å². The zero-order valence-corrected chi connectivity index (χ0v) is 14.0. The molecule has 0 aliphatic rings. The van der Waals surface area contributed by atoms with E-state index < -0.39 is 12.7 Å². The highest BCUT2D eigenvalue weighted by Gasteiger charge is 2.30. The Morgan fingerprint density at radius 2 is 2.09 bits per heavy atom. The standard InChI is InChI=1S/C12H8ClF3IN5/c1-21-8(2-3-18-21)7-4-6(13)10-9(19-7)11(17)20-22(10)5-12(14,15)16/h2-4H,5H2,1H3. The second-order valence-corrected chi connectivity index (χ2v) is 6.02. The molecule has 116 valence electrons. The van der Waals surface area contributed by atoms with E-state index in [1.165, 1.54) is 6.07 Å². The molecule has 3 aromatic rings. The van der Waals surface area contributed by atoms with Crippen LogP contribution in [-0.2, 0) is 13.6 Å². The van der Waals surface area contributed by atoms with Gasteiger partial charge in [-0.25, -0.2) is 4.98 Å². The smallest absolute Gasteiger partial charge is 0.266 e. The van der Waals surface area contributed by atoms with E-state index in [-0.39, 0.29) is 10.5 Å². The number of hydrogen-bond donors (Lipinski definition) is 0. The van der Waals surface area contributed by atoms with Crippen molar-refractivity contribution in [2.75, 3.05) is 0 Å². The molecule has 0 aliphatic carbocycles. The van der Waals surface area contributed by atoms with Gasteiger partial charge in [-0.15, -0.1) is 0 Å². The molecular weight excluding hydrogens is 434 g/mol. The highest BCUT2D eigenvalue weighted by molar-refractivity contribution is 14.1. The van der Waals surface area contributed by atoms with Gasteiger partial charge >= 0.3 is 6.18 Å². The minimum atomic E-state index is -4.38. The maximum Gasteiger partial charge on any atom is 0.408 e. The van der Waals surface area contributed by atoms with Crippen LogP contribution in [0.2, 0.25) is 5.02 Å². The molecule has 10 heteroatoms. The molecule has 5 nitrogen and oxygen atoms in total. The van der Waals surface area contributed by atoms with Crippen LogP contribution in [0.5, 0.6) is 0 Å². The molecular formula is C12H8ClF3IN5. The topological polar surface area (TPSA) is 48.5 Å². The summed E-state index contributed by atoms with van der Waals surface area (Å²) in [5, 5.41) is 8.10. The van der Waals surface area contributed by atoms with Crippen LogP contribution in [0.15, 0.2) is 18.3 Å². The van der Waals surface area contributed by atoms with Crippen molar-refractivity contribution in [3.63, 3.8) is 0 Å². The number of aryl methyl sites for hydroxylation is 1. The van der Waals surface area contributed by atoms with Crippen LogP contribution >= 0.6 is 34.2 Å². The molecule has 0 saturated heterocycles. The number of alkyl halides is 3. The Labute approximate surface area is 141 Å². The monoisotopic (exact) mass is 441 g/mol. The van der Waals surface area contributed by atoms with Crippen LogP contribution in [0.1, 0.15) is 0 Å². The first-order valence-corrected chi connectivity index (χ1v) is 7.49. The molecule has 22 heavy (non-hydrogen) atoms. The summed E-state index contributed by atoms with van der Waals surface area (Å²) in [7, 11) is 1.74. The molecule has 0 aliphatic heterocycles. The Hall–Kier alpha value is -1.36. The zero-order chi connectivity index (χ0) is 16.1. The van der Waals surface area contributed by atoms with Crippen LogP contribution in [0, 0.1) is 3.70 Å². The van der Waals surface area contributed by atoms with Gasteiger partial charge in [0.15, 0.2) is 0 Å². The number of nitrogens with zero attached hydrogens (tertiary/aromatic N) is 5. The van der Waals surface area contributed by atoms with Crippen molar-refractivity contribution in [2.45, 2.75) is 12.7 Å². The van der Waals surface area contributed by atoms with Gasteiger partial charge in [-0.3, -0.25) is 9.36 Å². The highest BCUT2D eigenvalue weighted by Crippen LogP contribution is 2.31. The normalized spacial score (nSPS) is 12.3. The first-order valence-electron chi connectivity index (χ1n) is 6.04. The largest absolute Gasteiger partial charge is 0.408 e. The van der Waals surface area contributed by atoms with Crippen molar-refractivity contribution in [3.05, 3.63) is 27.1 Å². The SMILES string of the molecule is Cn1nccc1-c1cc(Cl)c2c(n1)c(I)nn2CC(F)(F)F. The average molecular weight is 442 g/mol. The Balaban J connectivity index is 2.20. The van der Waals surface area contributed by atoms with Crippen LogP contribution in [-0.4, -0.2) is 30.7 Å². The molecule has 0 radical (unpaired) electrons. The number of rotatable bonds is 2. The fourth-order valence-corrected chi connectivity index (χ4v) is 3.07. The lowest BCUT2D eigenvalue weighted by Gasteiger charge is -2.08. The molecule has 0 atom stereocenters. The summed E-state index contributed by atoms with van der Waals surface area (Å²) < 4.78 is 40.7. The maximum absolute atomic E-state index is 12.6. The van der Waals surface area contributed by atoms with Gasteiger partial charge in [0.25, 0.3) is 0 Å². The second-order valence-electron chi connectivity index (χ2n) is 4.59. The van der Waals surface area contributed by atoms with E-state index in [9.17, 15) is 13.2 Å². The number of halogens is 5.